The fourth-order valence-corrected chi connectivity index (χ4v) is 0.865. The largest absolute Gasteiger partial charge is 0.449 e. The highest BCUT2D eigenvalue weighted by molar-refractivity contribution is 4.85. The molecule has 2 aromatic heterocycles. The Morgan fingerprint density at radius 3 is 2.12 bits per heavy atom. The van der Waals surface area contributed by atoms with Crippen LogP contribution in [-0.4, -0.2) is 14.8 Å². The SMILES string of the molecule is CC.CC(C)c1ncco1.Cn1cccn1. The molecular weight excluding hydrogens is 202 g/mol. The van der Waals surface area contributed by atoms with Gasteiger partial charge in [0.2, 0.25) is 0 Å². The first-order valence-electron chi connectivity index (χ1n) is 5.53. The topological polar surface area (TPSA) is 43.9 Å². The van der Waals surface area contributed by atoms with Gasteiger partial charge < -0.3 is 4.42 Å². The third kappa shape index (κ3) is 6.01. The Labute approximate surface area is 97.3 Å². The molecule has 90 valence electrons. The Bertz CT molecular complexity index is 325. The molecule has 0 amide bonds. The maximum Gasteiger partial charge on any atom is 0.196 e. The summed E-state index contributed by atoms with van der Waals surface area (Å²) in [5.74, 6) is 1.22. The molecule has 0 aliphatic heterocycles. The molecule has 0 aliphatic rings. The Hall–Kier alpha value is -1.58. The summed E-state index contributed by atoms with van der Waals surface area (Å²) in [6.07, 6.45) is 6.89. The van der Waals surface area contributed by atoms with E-state index in [2.05, 4.69) is 10.1 Å². The summed E-state index contributed by atoms with van der Waals surface area (Å²) in [6, 6.07) is 1.89. The van der Waals surface area contributed by atoms with Crippen LogP contribution >= 0.6 is 0 Å². The smallest absolute Gasteiger partial charge is 0.196 e. The lowest BCUT2D eigenvalue weighted by Crippen LogP contribution is -1.83. The van der Waals surface area contributed by atoms with Gasteiger partial charge in [0, 0.05) is 25.4 Å². The van der Waals surface area contributed by atoms with Crippen LogP contribution in [-0.2, 0) is 7.05 Å². The molecule has 0 saturated heterocycles. The van der Waals surface area contributed by atoms with Gasteiger partial charge in [0.05, 0.1) is 6.20 Å². The monoisotopic (exact) mass is 223 g/mol. The quantitative estimate of drug-likeness (QED) is 0.745. The summed E-state index contributed by atoms with van der Waals surface area (Å²) >= 11 is 0. The van der Waals surface area contributed by atoms with Crippen molar-refractivity contribution in [3.05, 3.63) is 36.8 Å². The molecule has 0 aliphatic carbocycles. The second-order valence-corrected chi connectivity index (χ2v) is 3.20. The number of aromatic nitrogens is 3. The number of rotatable bonds is 1. The van der Waals surface area contributed by atoms with Crippen molar-refractivity contribution in [2.45, 2.75) is 33.6 Å². The zero-order valence-corrected chi connectivity index (χ0v) is 10.7. The molecule has 0 spiro atoms. The summed E-state index contributed by atoms with van der Waals surface area (Å²) in [6.45, 7) is 8.09. The van der Waals surface area contributed by atoms with Crippen LogP contribution in [0.5, 0.6) is 0 Å². The van der Waals surface area contributed by atoms with E-state index in [0.717, 1.165) is 5.89 Å². The van der Waals surface area contributed by atoms with Crippen molar-refractivity contribution in [3.63, 3.8) is 0 Å². The fraction of sp³-hybridized carbons (Fsp3) is 0.500. The second-order valence-electron chi connectivity index (χ2n) is 3.20. The van der Waals surface area contributed by atoms with Crippen LogP contribution in [0, 0.1) is 0 Å². The molecule has 16 heavy (non-hydrogen) atoms. The van der Waals surface area contributed by atoms with Gasteiger partial charge in [-0.15, -0.1) is 0 Å². The molecule has 0 bridgehead atoms. The van der Waals surface area contributed by atoms with Crippen molar-refractivity contribution >= 4 is 0 Å². The molecule has 0 unspecified atom stereocenters. The van der Waals surface area contributed by atoms with E-state index < -0.39 is 0 Å². The molecule has 0 atom stereocenters. The zero-order chi connectivity index (χ0) is 12.4. The van der Waals surface area contributed by atoms with Crippen molar-refractivity contribution in [1.29, 1.82) is 0 Å². The van der Waals surface area contributed by atoms with Crippen molar-refractivity contribution in [3.8, 4) is 0 Å². The van der Waals surface area contributed by atoms with E-state index in [1.807, 2.05) is 47.0 Å². The molecule has 0 saturated carbocycles. The Kier molecular flexibility index (Phi) is 7.85. The van der Waals surface area contributed by atoms with E-state index in [9.17, 15) is 0 Å². The number of oxazole rings is 1. The van der Waals surface area contributed by atoms with Crippen LogP contribution in [0.4, 0.5) is 0 Å². The molecule has 0 fully saturated rings. The number of hydrogen-bond donors (Lipinski definition) is 0. The minimum absolute atomic E-state index is 0.407. The first kappa shape index (κ1) is 14.4. The minimum atomic E-state index is 0.407. The molecule has 4 heteroatoms. The highest BCUT2D eigenvalue weighted by Crippen LogP contribution is 2.09. The van der Waals surface area contributed by atoms with Gasteiger partial charge >= 0.3 is 0 Å². The molecule has 4 nitrogen and oxygen atoms in total. The average molecular weight is 223 g/mol. The fourth-order valence-electron chi connectivity index (χ4n) is 0.865. The third-order valence-electron chi connectivity index (χ3n) is 1.58. The minimum Gasteiger partial charge on any atom is -0.449 e. The lowest BCUT2D eigenvalue weighted by molar-refractivity contribution is 0.471. The molecule has 2 heterocycles. The normalized spacial score (nSPS) is 8.88. The average Bonchev–Trinajstić information content (AvgIpc) is 2.93. The summed E-state index contributed by atoms with van der Waals surface area (Å²) in [5, 5.41) is 3.83. The van der Waals surface area contributed by atoms with Gasteiger partial charge in [-0.2, -0.15) is 5.10 Å². The van der Waals surface area contributed by atoms with Crippen LogP contribution in [0.1, 0.15) is 39.5 Å². The predicted molar refractivity (Wildman–Crippen MR) is 65.1 cm³/mol. The van der Waals surface area contributed by atoms with Crippen LogP contribution in [0.3, 0.4) is 0 Å². The Morgan fingerprint density at radius 2 is 1.94 bits per heavy atom. The second kappa shape index (κ2) is 8.71. The lowest BCUT2D eigenvalue weighted by atomic mass is 10.2. The van der Waals surface area contributed by atoms with Gasteiger partial charge in [0.15, 0.2) is 5.89 Å². The van der Waals surface area contributed by atoms with Crippen molar-refractivity contribution in [2.75, 3.05) is 0 Å². The van der Waals surface area contributed by atoms with Crippen LogP contribution in [0.2, 0.25) is 0 Å². The third-order valence-corrected chi connectivity index (χ3v) is 1.58. The summed E-state index contributed by atoms with van der Waals surface area (Å²) < 4.78 is 6.73. The van der Waals surface area contributed by atoms with Gasteiger partial charge in [-0.25, -0.2) is 4.98 Å². The standard InChI is InChI=1S/C6H9NO.C4H6N2.C2H6/c1-5(2)6-7-3-4-8-6;1-6-4-2-3-5-6;1-2/h3-5H,1-2H3;2-4H,1H3;1-2H3. The Balaban J connectivity index is 0.000000251. The summed E-state index contributed by atoms with van der Waals surface area (Å²) in [4.78, 5) is 3.95. The first-order chi connectivity index (χ1) is 7.70. The van der Waals surface area contributed by atoms with E-state index in [4.69, 9.17) is 4.42 Å². The predicted octanol–water partition coefficient (Wildman–Crippen LogP) is 3.24. The number of nitrogens with zero attached hydrogens (tertiary/aromatic N) is 3. The van der Waals surface area contributed by atoms with Crippen molar-refractivity contribution in [2.24, 2.45) is 7.05 Å². The summed E-state index contributed by atoms with van der Waals surface area (Å²) in [5.41, 5.74) is 0. The van der Waals surface area contributed by atoms with Gasteiger partial charge in [-0.3, -0.25) is 4.68 Å². The Morgan fingerprint density at radius 1 is 1.25 bits per heavy atom. The highest BCUT2D eigenvalue weighted by atomic mass is 16.3. The molecule has 0 radical (unpaired) electrons. The van der Waals surface area contributed by atoms with E-state index in [-0.39, 0.29) is 0 Å². The van der Waals surface area contributed by atoms with E-state index in [1.54, 1.807) is 23.3 Å². The number of hydrogen-bond acceptors (Lipinski definition) is 3. The molecule has 0 N–H and O–H groups in total. The van der Waals surface area contributed by atoms with Crippen LogP contribution in [0.25, 0.3) is 0 Å². The summed E-state index contributed by atoms with van der Waals surface area (Å²) in [7, 11) is 1.89. The maximum absolute atomic E-state index is 4.98. The molecular formula is C12H21N3O. The maximum atomic E-state index is 4.98. The van der Waals surface area contributed by atoms with E-state index in [1.165, 1.54) is 0 Å². The van der Waals surface area contributed by atoms with Crippen molar-refractivity contribution < 1.29 is 4.42 Å². The van der Waals surface area contributed by atoms with Gasteiger partial charge in [-0.1, -0.05) is 27.7 Å². The molecule has 2 aromatic rings. The highest BCUT2D eigenvalue weighted by Gasteiger charge is 2.00. The lowest BCUT2D eigenvalue weighted by Gasteiger charge is -1.92. The first-order valence-corrected chi connectivity index (χ1v) is 5.53. The van der Waals surface area contributed by atoms with Gasteiger partial charge in [0.25, 0.3) is 0 Å². The van der Waals surface area contributed by atoms with Gasteiger partial charge in [0.1, 0.15) is 6.26 Å². The molecule has 2 rings (SSSR count). The van der Waals surface area contributed by atoms with E-state index >= 15 is 0 Å². The zero-order valence-electron chi connectivity index (χ0n) is 10.7. The van der Waals surface area contributed by atoms with Gasteiger partial charge in [-0.05, 0) is 6.07 Å². The van der Waals surface area contributed by atoms with Crippen LogP contribution in [0.15, 0.2) is 35.3 Å². The van der Waals surface area contributed by atoms with E-state index in [0.29, 0.717) is 5.92 Å². The van der Waals surface area contributed by atoms with Crippen molar-refractivity contribution in [1.82, 2.24) is 14.8 Å². The molecule has 0 aromatic carbocycles. The van der Waals surface area contributed by atoms with Crippen LogP contribution < -0.4 is 0 Å². The number of aryl methyl sites for hydroxylation is 1.